The lowest BCUT2D eigenvalue weighted by Crippen LogP contribution is -2.49. The van der Waals surface area contributed by atoms with Crippen LogP contribution in [-0.2, 0) is 11.3 Å². The minimum atomic E-state index is -0.392. The number of piperidine rings is 1. The lowest BCUT2D eigenvalue weighted by atomic mass is 10.0. The van der Waals surface area contributed by atoms with Crippen molar-refractivity contribution in [1.29, 1.82) is 0 Å². The molecule has 3 heterocycles. The first-order valence-corrected chi connectivity index (χ1v) is 9.96. The molecule has 27 heavy (non-hydrogen) atoms. The number of hydrogen-bond acceptors (Lipinski definition) is 4. The number of benzene rings is 1. The third-order valence-corrected chi connectivity index (χ3v) is 5.90. The number of carbonyl (C=O) groups is 2. The molecule has 1 aromatic carbocycles. The van der Waals surface area contributed by atoms with Crippen molar-refractivity contribution in [3.8, 4) is 0 Å². The van der Waals surface area contributed by atoms with Crippen molar-refractivity contribution >= 4 is 17.5 Å². The Morgan fingerprint density at radius 1 is 1.19 bits per heavy atom. The topological polar surface area (TPSA) is 55.9 Å². The van der Waals surface area contributed by atoms with Gasteiger partial charge in [0.1, 0.15) is 6.04 Å². The average molecular weight is 368 g/mol. The maximum atomic E-state index is 12.8. The van der Waals surface area contributed by atoms with Crippen LogP contribution in [0.2, 0.25) is 0 Å². The Hall–Kier alpha value is -2.34. The highest BCUT2D eigenvalue weighted by Crippen LogP contribution is 2.31. The van der Waals surface area contributed by atoms with Crippen LogP contribution in [0, 0.1) is 0 Å². The van der Waals surface area contributed by atoms with Crippen molar-refractivity contribution < 1.29 is 9.59 Å². The molecule has 2 fully saturated rings. The lowest BCUT2D eigenvalue weighted by molar-refractivity contribution is -0.126. The Balaban J connectivity index is 1.47. The molecule has 1 unspecified atom stereocenters. The fraction of sp³-hybridized carbons (Fsp3) is 0.524. The van der Waals surface area contributed by atoms with Gasteiger partial charge in [0.15, 0.2) is 0 Å². The minimum Gasteiger partial charge on any atom is -0.369 e. The molecule has 1 aromatic rings. The predicted octanol–water partition coefficient (Wildman–Crippen LogP) is 1.97. The summed E-state index contributed by atoms with van der Waals surface area (Å²) < 4.78 is 0. The summed E-state index contributed by atoms with van der Waals surface area (Å²) in [6.07, 6.45) is 2.57. The van der Waals surface area contributed by atoms with Crippen LogP contribution < -0.4 is 10.2 Å². The van der Waals surface area contributed by atoms with Gasteiger partial charge in [0.05, 0.1) is 0 Å². The van der Waals surface area contributed by atoms with E-state index in [1.165, 1.54) is 12.1 Å². The van der Waals surface area contributed by atoms with Crippen LogP contribution in [0.25, 0.3) is 0 Å². The number of amides is 2. The summed E-state index contributed by atoms with van der Waals surface area (Å²) in [6.45, 7) is 11.9. The van der Waals surface area contributed by atoms with Crippen molar-refractivity contribution in [3.63, 3.8) is 0 Å². The summed E-state index contributed by atoms with van der Waals surface area (Å²) in [5, 5.41) is 2.79. The zero-order valence-electron chi connectivity index (χ0n) is 16.0. The third-order valence-electron chi connectivity index (χ3n) is 5.90. The highest BCUT2D eigenvalue weighted by atomic mass is 16.2. The van der Waals surface area contributed by atoms with Crippen LogP contribution in [0.4, 0.5) is 5.69 Å². The third kappa shape index (κ3) is 3.46. The van der Waals surface area contributed by atoms with E-state index in [1.54, 1.807) is 4.90 Å². The van der Waals surface area contributed by atoms with Crippen molar-refractivity contribution in [2.45, 2.75) is 38.8 Å². The minimum absolute atomic E-state index is 0.0306. The van der Waals surface area contributed by atoms with E-state index in [9.17, 15) is 9.59 Å². The molecular formula is C21H28N4O2. The second-order valence-electron chi connectivity index (χ2n) is 7.75. The van der Waals surface area contributed by atoms with E-state index < -0.39 is 6.04 Å². The van der Waals surface area contributed by atoms with Gasteiger partial charge >= 0.3 is 0 Å². The molecule has 6 heteroatoms. The molecule has 2 amide bonds. The van der Waals surface area contributed by atoms with Gasteiger partial charge in [-0.25, -0.2) is 0 Å². The molecule has 4 rings (SSSR count). The van der Waals surface area contributed by atoms with Crippen molar-refractivity contribution in [3.05, 3.63) is 41.6 Å². The number of carbonyl (C=O) groups excluding carboxylic acids is 2. The molecule has 3 aliphatic heterocycles. The van der Waals surface area contributed by atoms with Gasteiger partial charge < -0.3 is 15.1 Å². The van der Waals surface area contributed by atoms with Gasteiger partial charge in [-0.3, -0.25) is 14.5 Å². The quantitative estimate of drug-likeness (QED) is 0.883. The lowest BCUT2D eigenvalue weighted by Gasteiger charge is -2.36. The number of piperazine rings is 1. The second-order valence-corrected chi connectivity index (χ2v) is 7.75. The zero-order chi connectivity index (χ0) is 19.0. The monoisotopic (exact) mass is 368 g/mol. The summed E-state index contributed by atoms with van der Waals surface area (Å²) in [5.74, 6) is -0.142. The predicted molar refractivity (Wildman–Crippen MR) is 106 cm³/mol. The molecule has 3 aliphatic rings. The van der Waals surface area contributed by atoms with Gasteiger partial charge in [-0.1, -0.05) is 13.5 Å². The molecule has 1 N–H and O–H groups in total. The number of nitrogens with zero attached hydrogens (tertiary/aromatic N) is 3. The molecular weight excluding hydrogens is 340 g/mol. The summed E-state index contributed by atoms with van der Waals surface area (Å²) in [5.41, 5.74) is 3.69. The largest absolute Gasteiger partial charge is 0.369 e. The Bertz CT molecular complexity index is 767. The molecule has 0 radical (unpaired) electrons. The van der Waals surface area contributed by atoms with Crippen LogP contribution in [0.1, 0.15) is 42.1 Å². The van der Waals surface area contributed by atoms with Gasteiger partial charge in [-0.2, -0.15) is 0 Å². The van der Waals surface area contributed by atoms with E-state index in [2.05, 4.69) is 40.8 Å². The van der Waals surface area contributed by atoms with Crippen molar-refractivity contribution in [1.82, 2.24) is 15.1 Å². The highest BCUT2D eigenvalue weighted by Gasteiger charge is 2.38. The van der Waals surface area contributed by atoms with Crippen molar-refractivity contribution in [2.24, 2.45) is 0 Å². The Kier molecular flexibility index (Phi) is 4.91. The van der Waals surface area contributed by atoms with E-state index in [0.717, 1.165) is 56.0 Å². The van der Waals surface area contributed by atoms with Gasteiger partial charge in [0.25, 0.3) is 5.91 Å². The highest BCUT2D eigenvalue weighted by molar-refractivity contribution is 6.01. The standard InChI is InChI=1S/C21H28N4O2/c1-3-8-23-9-11-24(12-10-23)17-5-6-18-16(13-17)14-25(21(18)27)19-7-4-15(2)22-20(19)26/h5-6,13,19H,2-4,7-12,14H2,1H3,(H,22,26). The number of nitrogens with one attached hydrogen (secondary N) is 1. The summed E-state index contributed by atoms with van der Waals surface area (Å²) >= 11 is 0. The summed E-state index contributed by atoms with van der Waals surface area (Å²) in [7, 11) is 0. The SMILES string of the molecule is C=C1CCC(N2Cc3cc(N4CCN(CCC)CC4)ccc3C2=O)C(=O)N1. The smallest absolute Gasteiger partial charge is 0.255 e. The zero-order valence-corrected chi connectivity index (χ0v) is 16.0. The first kappa shape index (κ1) is 18.0. The van der Waals surface area contributed by atoms with Crippen LogP contribution in [0.5, 0.6) is 0 Å². The molecule has 0 aliphatic carbocycles. The second kappa shape index (κ2) is 7.35. The molecule has 2 saturated heterocycles. The van der Waals surface area contributed by atoms with Crippen LogP contribution in [-0.4, -0.2) is 60.4 Å². The first-order valence-electron chi connectivity index (χ1n) is 9.96. The van der Waals surface area contributed by atoms with E-state index >= 15 is 0 Å². The number of allylic oxidation sites excluding steroid dienone is 1. The Morgan fingerprint density at radius 2 is 1.96 bits per heavy atom. The van der Waals surface area contributed by atoms with Crippen LogP contribution >= 0.6 is 0 Å². The van der Waals surface area contributed by atoms with Gasteiger partial charge in [-0.05, 0) is 49.6 Å². The molecule has 0 saturated carbocycles. The Morgan fingerprint density at radius 3 is 2.67 bits per heavy atom. The fourth-order valence-corrected chi connectivity index (χ4v) is 4.38. The van der Waals surface area contributed by atoms with Gasteiger partial charge in [0, 0.05) is 49.7 Å². The molecule has 6 nitrogen and oxygen atoms in total. The number of rotatable bonds is 4. The Labute approximate surface area is 160 Å². The molecule has 0 spiro atoms. The van der Waals surface area contributed by atoms with Crippen molar-refractivity contribution in [2.75, 3.05) is 37.6 Å². The number of hydrogen-bond donors (Lipinski definition) is 1. The van der Waals surface area contributed by atoms with Crippen LogP contribution in [0.3, 0.4) is 0 Å². The maximum Gasteiger partial charge on any atom is 0.255 e. The molecule has 0 aromatic heterocycles. The van der Waals surface area contributed by atoms with E-state index in [-0.39, 0.29) is 11.8 Å². The van der Waals surface area contributed by atoms with E-state index in [4.69, 9.17) is 0 Å². The fourth-order valence-electron chi connectivity index (χ4n) is 4.38. The van der Waals surface area contributed by atoms with E-state index in [1.807, 2.05) is 6.07 Å². The first-order chi connectivity index (χ1) is 13.1. The molecule has 1 atom stereocenters. The van der Waals surface area contributed by atoms with E-state index in [0.29, 0.717) is 13.0 Å². The van der Waals surface area contributed by atoms with Gasteiger partial charge in [0.2, 0.25) is 5.91 Å². The maximum absolute atomic E-state index is 12.8. The normalized spacial score (nSPS) is 23.6. The average Bonchev–Trinajstić information content (AvgIpc) is 2.98. The molecule has 0 bridgehead atoms. The summed E-state index contributed by atoms with van der Waals surface area (Å²) in [6, 6.07) is 5.74. The van der Waals surface area contributed by atoms with Gasteiger partial charge in [-0.15, -0.1) is 0 Å². The number of fused-ring (bicyclic) bond motifs is 1. The molecule has 144 valence electrons. The van der Waals surface area contributed by atoms with Crippen LogP contribution in [0.15, 0.2) is 30.5 Å². The number of anilines is 1. The summed E-state index contributed by atoms with van der Waals surface area (Å²) in [4.78, 5) is 31.8.